The molecule has 0 atom stereocenters. The summed E-state index contributed by atoms with van der Waals surface area (Å²) in [5, 5.41) is 12.7. The molecule has 0 bridgehead atoms. The number of H-pyrrole nitrogens is 1. The van der Waals surface area contributed by atoms with Gasteiger partial charge in [-0.3, -0.25) is 9.59 Å². The molecule has 0 radical (unpaired) electrons. The summed E-state index contributed by atoms with van der Waals surface area (Å²) in [5.74, 6) is 0.328. The van der Waals surface area contributed by atoms with Crippen molar-refractivity contribution in [3.8, 4) is 10.7 Å². The van der Waals surface area contributed by atoms with Crippen molar-refractivity contribution in [1.82, 2.24) is 20.5 Å². The van der Waals surface area contributed by atoms with Crippen LogP contribution in [-0.2, 0) is 17.8 Å². The van der Waals surface area contributed by atoms with Gasteiger partial charge in [0.1, 0.15) is 5.69 Å². The van der Waals surface area contributed by atoms with Gasteiger partial charge in [0.25, 0.3) is 5.56 Å². The molecule has 0 saturated carbocycles. The van der Waals surface area contributed by atoms with Crippen LogP contribution in [0.3, 0.4) is 0 Å². The maximum atomic E-state index is 12.0. The molecule has 0 unspecified atom stereocenters. The van der Waals surface area contributed by atoms with E-state index in [9.17, 15) is 9.59 Å². The van der Waals surface area contributed by atoms with Crippen molar-refractivity contribution in [2.75, 3.05) is 0 Å². The van der Waals surface area contributed by atoms with E-state index in [-0.39, 0.29) is 30.0 Å². The van der Waals surface area contributed by atoms with Gasteiger partial charge in [0.15, 0.2) is 5.82 Å². The summed E-state index contributed by atoms with van der Waals surface area (Å²) in [7, 11) is 0. The lowest BCUT2D eigenvalue weighted by Gasteiger charge is -2.05. The molecule has 24 heavy (non-hydrogen) atoms. The van der Waals surface area contributed by atoms with Crippen LogP contribution in [0.25, 0.3) is 10.7 Å². The molecule has 7 heteroatoms. The highest BCUT2D eigenvalue weighted by Gasteiger charge is 2.09. The fourth-order valence-electron chi connectivity index (χ4n) is 2.16. The normalized spacial score (nSPS) is 10.5. The highest BCUT2D eigenvalue weighted by atomic mass is 32.1. The number of benzene rings is 1. The SMILES string of the molecule is O=C(CCc1nnc(-c2cccs2)[nH]c1=O)NCc1ccccc1. The van der Waals surface area contributed by atoms with Gasteiger partial charge >= 0.3 is 0 Å². The van der Waals surface area contributed by atoms with Gasteiger partial charge in [0, 0.05) is 19.4 Å². The first-order valence-corrected chi connectivity index (χ1v) is 8.41. The van der Waals surface area contributed by atoms with Crippen molar-refractivity contribution < 1.29 is 4.79 Å². The van der Waals surface area contributed by atoms with Crippen LogP contribution in [0.1, 0.15) is 17.7 Å². The first-order chi connectivity index (χ1) is 11.7. The van der Waals surface area contributed by atoms with E-state index >= 15 is 0 Å². The smallest absolute Gasteiger partial charge is 0.273 e. The molecule has 1 amide bonds. The van der Waals surface area contributed by atoms with Gasteiger partial charge in [-0.25, -0.2) is 0 Å². The zero-order chi connectivity index (χ0) is 16.8. The van der Waals surface area contributed by atoms with Crippen molar-refractivity contribution in [2.24, 2.45) is 0 Å². The fraction of sp³-hybridized carbons (Fsp3) is 0.176. The summed E-state index contributed by atoms with van der Waals surface area (Å²) in [6, 6.07) is 13.4. The molecule has 0 aliphatic carbocycles. The second-order valence-electron chi connectivity index (χ2n) is 5.19. The van der Waals surface area contributed by atoms with Crippen molar-refractivity contribution in [2.45, 2.75) is 19.4 Å². The number of hydrogen-bond acceptors (Lipinski definition) is 5. The Morgan fingerprint density at radius 2 is 1.96 bits per heavy atom. The molecule has 0 saturated heterocycles. The first-order valence-electron chi connectivity index (χ1n) is 7.53. The molecule has 1 aromatic carbocycles. The van der Waals surface area contributed by atoms with Crippen LogP contribution in [0.4, 0.5) is 0 Å². The molecule has 0 aliphatic heterocycles. The number of carbonyl (C=O) groups excluding carboxylic acids is 1. The molecule has 2 N–H and O–H groups in total. The molecule has 2 aromatic heterocycles. The topological polar surface area (TPSA) is 87.7 Å². The maximum Gasteiger partial charge on any atom is 0.273 e. The van der Waals surface area contributed by atoms with Crippen LogP contribution in [-0.4, -0.2) is 21.1 Å². The standard InChI is InChI=1S/C17H16N4O2S/c22-15(18-11-12-5-2-1-3-6-12)9-8-13-17(23)19-16(21-20-13)14-7-4-10-24-14/h1-7,10H,8-9,11H2,(H,18,22)(H,19,21,23). The minimum atomic E-state index is -0.302. The van der Waals surface area contributed by atoms with E-state index in [1.54, 1.807) is 0 Å². The van der Waals surface area contributed by atoms with Gasteiger partial charge in [-0.1, -0.05) is 36.4 Å². The number of amides is 1. The Kier molecular flexibility index (Phi) is 5.12. The molecule has 122 valence electrons. The number of nitrogens with one attached hydrogen (secondary N) is 2. The summed E-state index contributed by atoms with van der Waals surface area (Å²) in [6.45, 7) is 0.471. The average molecular weight is 340 g/mol. The number of hydrogen-bond donors (Lipinski definition) is 2. The van der Waals surface area contributed by atoms with E-state index in [0.29, 0.717) is 12.4 Å². The van der Waals surface area contributed by atoms with Crippen LogP contribution in [0.5, 0.6) is 0 Å². The number of aryl methyl sites for hydroxylation is 1. The van der Waals surface area contributed by atoms with Crippen molar-refractivity contribution in [1.29, 1.82) is 0 Å². The summed E-state index contributed by atoms with van der Waals surface area (Å²) in [5.41, 5.74) is 0.998. The Hall–Kier alpha value is -2.80. The average Bonchev–Trinajstić information content (AvgIpc) is 3.14. The lowest BCUT2D eigenvalue weighted by Crippen LogP contribution is -2.25. The second-order valence-corrected chi connectivity index (χ2v) is 6.14. The van der Waals surface area contributed by atoms with E-state index in [4.69, 9.17) is 0 Å². The summed E-state index contributed by atoms with van der Waals surface area (Å²) in [6.07, 6.45) is 0.455. The van der Waals surface area contributed by atoms with E-state index in [1.165, 1.54) is 11.3 Å². The Balaban J connectivity index is 1.54. The Morgan fingerprint density at radius 1 is 1.12 bits per heavy atom. The van der Waals surface area contributed by atoms with Crippen LogP contribution in [0.15, 0.2) is 52.6 Å². The van der Waals surface area contributed by atoms with E-state index < -0.39 is 0 Å². The molecular formula is C17H16N4O2S. The predicted octanol–water partition coefficient (Wildman–Crippen LogP) is 2.14. The van der Waals surface area contributed by atoms with Crippen molar-refractivity contribution in [3.05, 3.63) is 69.5 Å². The second kappa shape index (κ2) is 7.65. The van der Waals surface area contributed by atoms with Gasteiger partial charge in [-0.2, -0.15) is 0 Å². The molecule has 6 nitrogen and oxygen atoms in total. The number of carbonyl (C=O) groups is 1. The summed E-state index contributed by atoms with van der Waals surface area (Å²) in [4.78, 5) is 27.5. The highest BCUT2D eigenvalue weighted by molar-refractivity contribution is 7.13. The van der Waals surface area contributed by atoms with Gasteiger partial charge in [0.2, 0.25) is 5.91 Å². The minimum Gasteiger partial charge on any atom is -0.352 e. The molecule has 3 rings (SSSR count). The molecule has 0 aliphatic rings. The highest BCUT2D eigenvalue weighted by Crippen LogP contribution is 2.18. The Morgan fingerprint density at radius 3 is 2.67 bits per heavy atom. The van der Waals surface area contributed by atoms with E-state index in [2.05, 4.69) is 20.5 Å². The number of rotatable bonds is 6. The Bertz CT molecular complexity index is 860. The van der Waals surface area contributed by atoms with Gasteiger partial charge in [-0.05, 0) is 17.0 Å². The summed E-state index contributed by atoms with van der Waals surface area (Å²) >= 11 is 1.48. The summed E-state index contributed by atoms with van der Waals surface area (Å²) < 4.78 is 0. The predicted molar refractivity (Wildman–Crippen MR) is 92.6 cm³/mol. The molecule has 0 spiro atoms. The third-order valence-corrected chi connectivity index (χ3v) is 4.32. The lowest BCUT2D eigenvalue weighted by molar-refractivity contribution is -0.121. The molecule has 0 fully saturated rings. The molecule has 2 heterocycles. The van der Waals surface area contributed by atoms with Crippen LogP contribution < -0.4 is 10.9 Å². The van der Waals surface area contributed by atoms with Gasteiger partial charge < -0.3 is 10.3 Å². The van der Waals surface area contributed by atoms with Crippen LogP contribution in [0, 0.1) is 0 Å². The Labute approximate surface area is 142 Å². The monoisotopic (exact) mass is 340 g/mol. The van der Waals surface area contributed by atoms with Gasteiger partial charge in [-0.15, -0.1) is 21.5 Å². The lowest BCUT2D eigenvalue weighted by atomic mass is 10.2. The van der Waals surface area contributed by atoms with E-state index in [0.717, 1.165) is 10.4 Å². The quantitative estimate of drug-likeness (QED) is 0.720. The number of aromatic amines is 1. The van der Waals surface area contributed by atoms with E-state index in [1.807, 2.05) is 47.8 Å². The maximum absolute atomic E-state index is 12.0. The number of nitrogens with zero attached hydrogens (tertiary/aromatic N) is 2. The third-order valence-electron chi connectivity index (χ3n) is 3.44. The van der Waals surface area contributed by atoms with Crippen LogP contribution in [0.2, 0.25) is 0 Å². The zero-order valence-electron chi connectivity index (χ0n) is 12.9. The largest absolute Gasteiger partial charge is 0.352 e. The van der Waals surface area contributed by atoms with Crippen LogP contribution >= 0.6 is 11.3 Å². The number of aromatic nitrogens is 3. The molecular weight excluding hydrogens is 324 g/mol. The van der Waals surface area contributed by atoms with Crippen molar-refractivity contribution in [3.63, 3.8) is 0 Å². The minimum absolute atomic E-state index is 0.123. The third kappa shape index (κ3) is 4.14. The van der Waals surface area contributed by atoms with Gasteiger partial charge in [0.05, 0.1) is 4.88 Å². The first kappa shape index (κ1) is 16.1. The number of thiophene rings is 1. The molecule has 3 aromatic rings. The van der Waals surface area contributed by atoms with Crippen molar-refractivity contribution >= 4 is 17.2 Å². The zero-order valence-corrected chi connectivity index (χ0v) is 13.7. The fourth-order valence-corrected chi connectivity index (χ4v) is 2.83.